The van der Waals surface area contributed by atoms with E-state index in [2.05, 4.69) is 17.2 Å². The number of carbonyl (C=O) groups is 3. The largest absolute Gasteiger partial charge is 0.462 e. The Kier molecular flexibility index (Phi) is 10.8. The maximum Gasteiger partial charge on any atom is 0.342 e. The van der Waals surface area contributed by atoms with Gasteiger partial charge in [0.2, 0.25) is 5.91 Å². The lowest BCUT2D eigenvalue weighted by molar-refractivity contribution is -0.380. The molecule has 1 N–H and O–H groups in total. The van der Waals surface area contributed by atoms with Crippen LogP contribution in [0.4, 0.5) is 15.0 Å². The van der Waals surface area contributed by atoms with Crippen LogP contribution in [0.25, 0.3) is 0 Å². The van der Waals surface area contributed by atoms with Gasteiger partial charge in [-0.15, -0.1) is 0 Å². The molecule has 0 spiro atoms. The first-order valence-electron chi connectivity index (χ1n) is 10.9. The molecule has 0 atom stereocenters. The summed E-state index contributed by atoms with van der Waals surface area (Å²) in [5.74, 6) is -1.85. The molecule has 1 amide bonds. The van der Waals surface area contributed by atoms with Crippen molar-refractivity contribution in [1.29, 1.82) is 0 Å². The number of thiophene rings is 2. The minimum atomic E-state index is -0.783. The van der Waals surface area contributed by atoms with Gasteiger partial charge >= 0.3 is 16.9 Å². The highest BCUT2D eigenvalue weighted by Gasteiger charge is 2.31. The van der Waals surface area contributed by atoms with Gasteiger partial charge in [0.25, 0.3) is 0 Å². The van der Waals surface area contributed by atoms with Gasteiger partial charge in [-0.2, -0.15) is 0 Å². The van der Waals surface area contributed by atoms with Crippen LogP contribution in [0.1, 0.15) is 78.5 Å². The minimum absolute atomic E-state index is 0.0542. The first-order valence-corrected chi connectivity index (χ1v) is 12.5. The van der Waals surface area contributed by atoms with Crippen LogP contribution in [0.3, 0.4) is 0 Å². The molecule has 10 nitrogen and oxygen atoms in total. The number of nitrogens with one attached hydrogen (secondary N) is 1. The SMILES string of the molecule is CCCCCCC(=O)Nc1sc(N=Cc2ccc([N+](=O)[O-])s2)c(C(=O)OCC)c1C(=O)OCC. The number of rotatable bonds is 13. The van der Waals surface area contributed by atoms with Crippen molar-refractivity contribution in [2.75, 3.05) is 18.5 Å². The lowest BCUT2D eigenvalue weighted by atomic mass is 10.1. The van der Waals surface area contributed by atoms with Crippen molar-refractivity contribution in [3.63, 3.8) is 0 Å². The summed E-state index contributed by atoms with van der Waals surface area (Å²) in [5.41, 5.74) is -0.231. The molecule has 0 fully saturated rings. The van der Waals surface area contributed by atoms with Crippen molar-refractivity contribution in [1.82, 2.24) is 0 Å². The molecule has 0 saturated carbocycles. The summed E-state index contributed by atoms with van der Waals surface area (Å²) >= 11 is 1.85. The normalized spacial score (nSPS) is 10.9. The van der Waals surface area contributed by atoms with Gasteiger partial charge < -0.3 is 14.8 Å². The van der Waals surface area contributed by atoms with Crippen LogP contribution >= 0.6 is 22.7 Å². The Hall–Kier alpha value is -3.12. The molecule has 0 aliphatic rings. The molecule has 0 unspecified atom stereocenters. The van der Waals surface area contributed by atoms with Gasteiger partial charge in [0.15, 0.2) is 0 Å². The minimum Gasteiger partial charge on any atom is -0.462 e. The summed E-state index contributed by atoms with van der Waals surface area (Å²) < 4.78 is 10.2. The molecule has 184 valence electrons. The zero-order chi connectivity index (χ0) is 25.1. The highest BCUT2D eigenvalue weighted by molar-refractivity contribution is 7.21. The average Bonchev–Trinajstić information content (AvgIpc) is 3.40. The number of anilines is 1. The standard InChI is InChI=1S/C22H27N3O7S2/c1-4-7-8-9-10-15(26)24-20-18(22(28)32-6-3)17(21(27)31-5-2)19(34-20)23-13-14-11-12-16(33-14)25(29)30/h11-13H,4-10H2,1-3H3,(H,24,26). The topological polar surface area (TPSA) is 137 Å². The maximum absolute atomic E-state index is 12.7. The van der Waals surface area contributed by atoms with Crippen LogP contribution in [0.2, 0.25) is 0 Å². The summed E-state index contributed by atoms with van der Waals surface area (Å²) in [4.78, 5) is 53.2. The monoisotopic (exact) mass is 509 g/mol. The van der Waals surface area contributed by atoms with E-state index in [0.717, 1.165) is 41.9 Å². The Morgan fingerprint density at radius 2 is 1.71 bits per heavy atom. The number of unbranched alkanes of at least 4 members (excludes halogenated alkanes) is 3. The molecule has 12 heteroatoms. The van der Waals surface area contributed by atoms with Crippen molar-refractivity contribution in [2.24, 2.45) is 4.99 Å². The van der Waals surface area contributed by atoms with Crippen molar-refractivity contribution in [3.05, 3.63) is 38.3 Å². The molecule has 0 aliphatic heterocycles. The average molecular weight is 510 g/mol. The fourth-order valence-electron chi connectivity index (χ4n) is 2.92. The lowest BCUT2D eigenvalue weighted by Gasteiger charge is -2.08. The van der Waals surface area contributed by atoms with Crippen molar-refractivity contribution < 1.29 is 28.8 Å². The Balaban J connectivity index is 2.45. The molecular weight excluding hydrogens is 482 g/mol. The van der Waals surface area contributed by atoms with Gasteiger partial charge in [-0.25, -0.2) is 14.6 Å². The number of carbonyl (C=O) groups excluding carboxylic acids is 3. The van der Waals surface area contributed by atoms with E-state index in [9.17, 15) is 24.5 Å². The number of aliphatic imine (C=N–C) groups is 1. The number of ether oxygens (including phenoxy) is 2. The van der Waals surface area contributed by atoms with E-state index in [1.807, 2.05) is 0 Å². The zero-order valence-corrected chi connectivity index (χ0v) is 20.9. The summed E-state index contributed by atoms with van der Waals surface area (Å²) in [6.45, 7) is 5.46. The van der Waals surface area contributed by atoms with Crippen LogP contribution in [-0.4, -0.2) is 42.2 Å². The summed E-state index contributed by atoms with van der Waals surface area (Å²) in [7, 11) is 0. The summed E-state index contributed by atoms with van der Waals surface area (Å²) in [6.07, 6.45) is 5.30. The Morgan fingerprint density at radius 3 is 2.29 bits per heavy atom. The number of esters is 2. The summed E-state index contributed by atoms with van der Waals surface area (Å²) in [6, 6.07) is 2.87. The third kappa shape index (κ3) is 7.45. The third-order valence-electron chi connectivity index (χ3n) is 4.46. The quantitative estimate of drug-likeness (QED) is 0.120. The highest BCUT2D eigenvalue weighted by atomic mass is 32.1. The number of hydrogen-bond acceptors (Lipinski definition) is 10. The molecule has 0 aromatic carbocycles. The first kappa shape index (κ1) is 27.1. The van der Waals surface area contributed by atoms with Gasteiger partial charge in [-0.3, -0.25) is 14.9 Å². The second-order valence-electron chi connectivity index (χ2n) is 6.98. The third-order valence-corrected chi connectivity index (χ3v) is 6.45. The molecular formula is C22H27N3O7S2. The molecule has 2 aromatic heterocycles. The lowest BCUT2D eigenvalue weighted by Crippen LogP contribution is -2.17. The second kappa shape index (κ2) is 13.6. The second-order valence-corrected chi connectivity index (χ2v) is 9.07. The van der Waals surface area contributed by atoms with Crippen LogP contribution in [0.5, 0.6) is 0 Å². The smallest absolute Gasteiger partial charge is 0.342 e. The molecule has 0 radical (unpaired) electrons. The number of nitrogens with zero attached hydrogens (tertiary/aromatic N) is 2. The van der Waals surface area contributed by atoms with Crippen LogP contribution in [0, 0.1) is 10.1 Å². The molecule has 2 aromatic rings. The van der Waals surface area contributed by atoms with Gasteiger partial charge in [0.05, 0.1) is 23.0 Å². The van der Waals surface area contributed by atoms with Crippen molar-refractivity contribution in [2.45, 2.75) is 52.9 Å². The van der Waals surface area contributed by atoms with E-state index in [-0.39, 0.29) is 51.7 Å². The van der Waals surface area contributed by atoms with Crippen LogP contribution in [0.15, 0.2) is 17.1 Å². The predicted octanol–water partition coefficient (Wildman–Crippen LogP) is 5.73. The van der Waals surface area contributed by atoms with Gasteiger partial charge in [-0.1, -0.05) is 48.9 Å². The Labute approximate surface area is 205 Å². The molecule has 2 rings (SSSR count). The Morgan fingerprint density at radius 1 is 1.03 bits per heavy atom. The van der Waals surface area contributed by atoms with E-state index in [4.69, 9.17) is 9.47 Å². The van der Waals surface area contributed by atoms with Gasteiger partial charge in [0, 0.05) is 18.7 Å². The van der Waals surface area contributed by atoms with E-state index in [0.29, 0.717) is 11.3 Å². The summed E-state index contributed by atoms with van der Waals surface area (Å²) in [5, 5.41) is 13.8. The first-order chi connectivity index (χ1) is 16.3. The molecule has 2 heterocycles. The fraction of sp³-hybridized carbons (Fsp3) is 0.455. The van der Waals surface area contributed by atoms with Crippen LogP contribution in [-0.2, 0) is 14.3 Å². The van der Waals surface area contributed by atoms with Gasteiger partial charge in [0.1, 0.15) is 21.1 Å². The van der Waals surface area contributed by atoms with E-state index in [1.165, 1.54) is 18.3 Å². The van der Waals surface area contributed by atoms with E-state index >= 15 is 0 Å². The highest BCUT2D eigenvalue weighted by Crippen LogP contribution is 2.41. The number of amides is 1. The van der Waals surface area contributed by atoms with E-state index < -0.39 is 16.9 Å². The zero-order valence-electron chi connectivity index (χ0n) is 19.3. The maximum atomic E-state index is 12.7. The fourth-order valence-corrected chi connectivity index (χ4v) is 4.65. The predicted molar refractivity (Wildman–Crippen MR) is 132 cm³/mol. The van der Waals surface area contributed by atoms with E-state index in [1.54, 1.807) is 13.8 Å². The molecule has 34 heavy (non-hydrogen) atoms. The van der Waals surface area contributed by atoms with Crippen molar-refractivity contribution in [3.8, 4) is 0 Å². The van der Waals surface area contributed by atoms with Gasteiger partial charge in [-0.05, 0) is 26.3 Å². The molecule has 0 aliphatic carbocycles. The number of hydrogen-bond donors (Lipinski definition) is 1. The Bertz CT molecular complexity index is 1060. The number of nitro groups is 1. The van der Waals surface area contributed by atoms with Crippen molar-refractivity contribution >= 4 is 61.7 Å². The van der Waals surface area contributed by atoms with Crippen LogP contribution < -0.4 is 5.32 Å². The molecule has 0 bridgehead atoms. The molecule has 0 saturated heterocycles.